The maximum Gasteiger partial charge on any atom is 0.409 e. The molecule has 1 amide bonds. The van der Waals surface area contributed by atoms with Crippen molar-refractivity contribution in [1.82, 2.24) is 4.57 Å². The number of nitrogens with one attached hydrogen (secondary N) is 1. The fourth-order valence-electron chi connectivity index (χ4n) is 2.26. The largest absolute Gasteiger partial charge is 0.465 e. The maximum atomic E-state index is 14.4. The first-order valence-corrected chi connectivity index (χ1v) is 6.31. The van der Waals surface area contributed by atoms with Crippen LogP contribution in [0.25, 0.3) is 16.5 Å². The molecule has 0 radical (unpaired) electrons. The zero-order valence-corrected chi connectivity index (χ0v) is 11.2. The number of carboxylic acid groups (broad SMARTS) is 1. The van der Waals surface area contributed by atoms with E-state index in [0.717, 1.165) is 5.39 Å². The average molecular weight is 303 g/mol. The molecule has 0 spiro atoms. The first kappa shape index (κ1) is 13.9. The van der Waals surface area contributed by atoms with Gasteiger partial charge in [0.1, 0.15) is 5.82 Å². The van der Waals surface area contributed by atoms with Crippen molar-refractivity contribution >= 4 is 28.2 Å². The monoisotopic (exact) mass is 303 g/mol. The molecular formula is C15H11F2N3O2. The Morgan fingerprint density at radius 3 is 2.59 bits per heavy atom. The molecule has 0 aliphatic heterocycles. The van der Waals surface area contributed by atoms with E-state index in [4.69, 9.17) is 10.8 Å². The molecule has 4 N–H and O–H groups in total. The van der Waals surface area contributed by atoms with E-state index < -0.39 is 11.9 Å². The van der Waals surface area contributed by atoms with E-state index in [1.165, 1.54) is 28.8 Å². The van der Waals surface area contributed by atoms with Gasteiger partial charge in [0.25, 0.3) is 0 Å². The summed E-state index contributed by atoms with van der Waals surface area (Å²) < 4.78 is 29.0. The number of nitrogen functional groups attached to an aromatic ring is 1. The van der Waals surface area contributed by atoms with Crippen LogP contribution in [-0.4, -0.2) is 15.8 Å². The fraction of sp³-hybridized carbons (Fsp3) is 0. The lowest BCUT2D eigenvalue weighted by molar-refractivity contribution is 0.210. The van der Waals surface area contributed by atoms with Crippen molar-refractivity contribution in [3.05, 3.63) is 54.4 Å². The van der Waals surface area contributed by atoms with Gasteiger partial charge in [0, 0.05) is 17.8 Å². The van der Waals surface area contributed by atoms with Gasteiger partial charge in [-0.05, 0) is 35.7 Å². The van der Waals surface area contributed by atoms with Crippen LogP contribution in [-0.2, 0) is 0 Å². The van der Waals surface area contributed by atoms with Gasteiger partial charge in [-0.2, -0.15) is 0 Å². The molecule has 0 bridgehead atoms. The number of amides is 1. The lowest BCUT2D eigenvalue weighted by atomic mass is 10.2. The van der Waals surface area contributed by atoms with E-state index in [-0.39, 0.29) is 22.9 Å². The van der Waals surface area contributed by atoms with Crippen LogP contribution in [0, 0.1) is 11.6 Å². The Balaban J connectivity index is 2.10. The van der Waals surface area contributed by atoms with E-state index >= 15 is 0 Å². The number of hydrogen-bond donors (Lipinski definition) is 3. The summed E-state index contributed by atoms with van der Waals surface area (Å²) in [7, 11) is 0. The second-order valence-corrected chi connectivity index (χ2v) is 4.73. The summed E-state index contributed by atoms with van der Waals surface area (Å²) in [5.74, 6) is -1.14. The zero-order chi connectivity index (χ0) is 15.9. The van der Waals surface area contributed by atoms with Crippen molar-refractivity contribution in [3.8, 4) is 5.69 Å². The van der Waals surface area contributed by atoms with Crippen molar-refractivity contribution in [3.63, 3.8) is 0 Å². The molecule has 112 valence electrons. The summed E-state index contributed by atoms with van der Waals surface area (Å²) in [5, 5.41) is 12.0. The minimum absolute atomic E-state index is 0.0310. The third-order valence-corrected chi connectivity index (χ3v) is 3.28. The van der Waals surface area contributed by atoms with Crippen molar-refractivity contribution in [2.45, 2.75) is 0 Å². The number of hydrogen-bond acceptors (Lipinski definition) is 2. The van der Waals surface area contributed by atoms with Gasteiger partial charge >= 0.3 is 6.09 Å². The smallest absolute Gasteiger partial charge is 0.409 e. The highest BCUT2D eigenvalue weighted by Crippen LogP contribution is 2.29. The number of benzene rings is 2. The Morgan fingerprint density at radius 1 is 1.14 bits per heavy atom. The topological polar surface area (TPSA) is 80.3 Å². The quantitative estimate of drug-likeness (QED) is 0.633. The number of aromatic nitrogens is 1. The molecule has 7 heteroatoms. The Labute approximate surface area is 123 Å². The minimum Gasteiger partial charge on any atom is -0.465 e. The van der Waals surface area contributed by atoms with Crippen molar-refractivity contribution in [1.29, 1.82) is 0 Å². The molecule has 0 unspecified atom stereocenters. The lowest BCUT2D eigenvalue weighted by Crippen LogP contribution is -2.11. The van der Waals surface area contributed by atoms with Crippen LogP contribution in [0.5, 0.6) is 0 Å². The molecule has 1 heterocycles. The van der Waals surface area contributed by atoms with Gasteiger partial charge in [-0.3, -0.25) is 5.32 Å². The van der Waals surface area contributed by atoms with Crippen LogP contribution in [0.2, 0.25) is 0 Å². The summed E-state index contributed by atoms with van der Waals surface area (Å²) in [6.07, 6.45) is 1.87. The van der Waals surface area contributed by atoms with Gasteiger partial charge in [-0.25, -0.2) is 13.6 Å². The molecule has 0 saturated heterocycles. The number of halogens is 2. The molecule has 22 heavy (non-hydrogen) atoms. The summed E-state index contributed by atoms with van der Waals surface area (Å²) >= 11 is 0. The predicted octanol–water partition coefficient (Wildman–Crippen LogP) is 3.58. The van der Waals surface area contributed by atoms with Crippen LogP contribution >= 0.6 is 0 Å². The van der Waals surface area contributed by atoms with Gasteiger partial charge in [-0.1, -0.05) is 0 Å². The number of anilines is 2. The van der Waals surface area contributed by atoms with E-state index in [2.05, 4.69) is 0 Å². The third kappa shape index (κ3) is 2.32. The number of nitrogens with zero attached hydrogens (tertiary/aromatic N) is 1. The summed E-state index contributed by atoms with van der Waals surface area (Å²) in [6, 6.07) is 7.01. The minimum atomic E-state index is -1.33. The molecule has 0 atom stereocenters. The molecule has 1 aromatic heterocycles. The van der Waals surface area contributed by atoms with Gasteiger partial charge in [0.2, 0.25) is 0 Å². The lowest BCUT2D eigenvalue weighted by Gasteiger charge is -2.10. The molecule has 0 fully saturated rings. The summed E-state index contributed by atoms with van der Waals surface area (Å²) in [5.41, 5.74) is 5.42. The molecule has 5 nitrogen and oxygen atoms in total. The van der Waals surface area contributed by atoms with Crippen molar-refractivity contribution in [2.24, 2.45) is 0 Å². The highest BCUT2D eigenvalue weighted by Gasteiger charge is 2.14. The van der Waals surface area contributed by atoms with Gasteiger partial charge in [0.15, 0.2) is 5.82 Å². The zero-order valence-electron chi connectivity index (χ0n) is 11.2. The van der Waals surface area contributed by atoms with Gasteiger partial charge in [0.05, 0.1) is 17.1 Å². The van der Waals surface area contributed by atoms with Crippen LogP contribution < -0.4 is 11.1 Å². The van der Waals surface area contributed by atoms with E-state index in [0.29, 0.717) is 5.39 Å². The fourth-order valence-corrected chi connectivity index (χ4v) is 2.26. The Hall–Kier alpha value is -3.09. The first-order chi connectivity index (χ1) is 10.5. The Morgan fingerprint density at radius 2 is 1.86 bits per heavy atom. The summed E-state index contributed by atoms with van der Waals surface area (Å²) in [4.78, 5) is 10.6. The second-order valence-electron chi connectivity index (χ2n) is 4.73. The second kappa shape index (κ2) is 5.03. The number of nitrogens with two attached hydrogens (primary N) is 1. The van der Waals surface area contributed by atoms with Crippen molar-refractivity contribution < 1.29 is 18.7 Å². The maximum absolute atomic E-state index is 14.4. The van der Waals surface area contributed by atoms with E-state index in [1.54, 1.807) is 18.5 Å². The molecule has 0 aliphatic carbocycles. The third-order valence-electron chi connectivity index (χ3n) is 3.28. The molecule has 0 saturated carbocycles. The molecule has 3 rings (SSSR count). The predicted molar refractivity (Wildman–Crippen MR) is 79.3 cm³/mol. The molecular weight excluding hydrogens is 292 g/mol. The molecule has 0 aliphatic rings. The van der Waals surface area contributed by atoms with Gasteiger partial charge < -0.3 is 15.4 Å². The van der Waals surface area contributed by atoms with Crippen LogP contribution in [0.1, 0.15) is 0 Å². The highest BCUT2D eigenvalue weighted by atomic mass is 19.1. The molecule has 2 aromatic carbocycles. The van der Waals surface area contributed by atoms with Crippen molar-refractivity contribution in [2.75, 3.05) is 11.1 Å². The van der Waals surface area contributed by atoms with Crippen LogP contribution in [0.15, 0.2) is 42.7 Å². The standard InChI is InChI=1S/C15H11F2N3O2/c16-10-2-1-8-6-20(7-9(8)5-10)12-4-3-11(19-15(21)22)14(18)13(12)17/h1-7,19H,18H2,(H,21,22). The first-order valence-electron chi connectivity index (χ1n) is 6.31. The van der Waals surface area contributed by atoms with Crippen LogP contribution in [0.4, 0.5) is 25.0 Å². The Kier molecular flexibility index (Phi) is 3.17. The molecule has 3 aromatic rings. The van der Waals surface area contributed by atoms with Crippen LogP contribution in [0.3, 0.4) is 0 Å². The normalized spacial score (nSPS) is 10.8. The number of carbonyl (C=O) groups is 1. The number of fused-ring (bicyclic) bond motifs is 1. The number of rotatable bonds is 2. The van der Waals surface area contributed by atoms with Gasteiger partial charge in [-0.15, -0.1) is 0 Å². The summed E-state index contributed by atoms with van der Waals surface area (Å²) in [6.45, 7) is 0. The average Bonchev–Trinajstić information content (AvgIpc) is 2.86. The Bertz CT molecular complexity index is 890. The highest BCUT2D eigenvalue weighted by molar-refractivity contribution is 5.88. The SMILES string of the molecule is Nc1c(NC(=O)O)ccc(-n2cc3ccc(F)cc3c2)c1F. The van der Waals surface area contributed by atoms with E-state index in [1.807, 2.05) is 5.32 Å². The van der Waals surface area contributed by atoms with E-state index in [9.17, 15) is 13.6 Å².